The SMILES string of the molecule is COCOc1ccc(-c2ncc(-c3ccc(F)nc3)cc2[N+](=O)[O-])cc1. The number of benzene rings is 1. The van der Waals surface area contributed by atoms with E-state index in [2.05, 4.69) is 9.97 Å². The van der Waals surface area contributed by atoms with E-state index in [0.717, 1.165) is 0 Å². The fourth-order valence-corrected chi connectivity index (χ4v) is 2.36. The lowest BCUT2D eigenvalue weighted by atomic mass is 10.1. The van der Waals surface area contributed by atoms with Crippen LogP contribution in [0.2, 0.25) is 0 Å². The van der Waals surface area contributed by atoms with E-state index >= 15 is 0 Å². The third-order valence-electron chi connectivity index (χ3n) is 3.60. The second kappa shape index (κ2) is 7.66. The summed E-state index contributed by atoms with van der Waals surface area (Å²) in [6, 6.07) is 10.8. The van der Waals surface area contributed by atoms with Crippen LogP contribution in [0, 0.1) is 16.1 Å². The first-order valence-electron chi connectivity index (χ1n) is 7.57. The highest BCUT2D eigenvalue weighted by Gasteiger charge is 2.18. The van der Waals surface area contributed by atoms with E-state index in [1.807, 2.05) is 0 Å². The Balaban J connectivity index is 1.97. The highest BCUT2D eigenvalue weighted by Crippen LogP contribution is 2.32. The number of aromatic nitrogens is 2. The van der Waals surface area contributed by atoms with Gasteiger partial charge in [-0.2, -0.15) is 4.39 Å². The molecule has 0 aliphatic rings. The van der Waals surface area contributed by atoms with Crippen LogP contribution in [-0.2, 0) is 4.74 Å². The summed E-state index contributed by atoms with van der Waals surface area (Å²) >= 11 is 0. The van der Waals surface area contributed by atoms with E-state index in [9.17, 15) is 14.5 Å². The van der Waals surface area contributed by atoms with Crippen LogP contribution in [0.5, 0.6) is 5.75 Å². The molecule has 0 spiro atoms. The zero-order valence-corrected chi connectivity index (χ0v) is 13.8. The van der Waals surface area contributed by atoms with Crippen LogP contribution in [0.25, 0.3) is 22.4 Å². The Bertz CT molecular complexity index is 915. The molecule has 26 heavy (non-hydrogen) atoms. The van der Waals surface area contributed by atoms with Crippen molar-refractivity contribution in [2.45, 2.75) is 0 Å². The summed E-state index contributed by atoms with van der Waals surface area (Å²) in [7, 11) is 1.51. The molecule has 0 atom stereocenters. The molecule has 0 fully saturated rings. The molecule has 8 heteroatoms. The first-order chi connectivity index (χ1) is 12.6. The Morgan fingerprint density at radius 2 is 1.73 bits per heavy atom. The van der Waals surface area contributed by atoms with Crippen LogP contribution in [0.3, 0.4) is 0 Å². The van der Waals surface area contributed by atoms with Gasteiger partial charge in [-0.15, -0.1) is 0 Å². The minimum atomic E-state index is -0.622. The highest BCUT2D eigenvalue weighted by atomic mass is 19.1. The molecule has 0 bridgehead atoms. The molecular weight excluding hydrogens is 341 g/mol. The lowest BCUT2D eigenvalue weighted by Gasteiger charge is -2.07. The molecule has 0 radical (unpaired) electrons. The number of ether oxygens (including phenoxy) is 2. The molecule has 0 N–H and O–H groups in total. The molecule has 0 unspecified atom stereocenters. The molecule has 0 aliphatic carbocycles. The maximum atomic E-state index is 13.0. The Labute approximate surface area is 148 Å². The van der Waals surface area contributed by atoms with Crippen molar-refractivity contribution in [2.24, 2.45) is 0 Å². The van der Waals surface area contributed by atoms with Crippen LogP contribution in [0.4, 0.5) is 10.1 Å². The monoisotopic (exact) mass is 355 g/mol. The zero-order chi connectivity index (χ0) is 18.5. The third-order valence-corrected chi connectivity index (χ3v) is 3.60. The van der Waals surface area contributed by atoms with Crippen LogP contribution < -0.4 is 4.74 Å². The van der Waals surface area contributed by atoms with Crippen molar-refractivity contribution in [1.82, 2.24) is 9.97 Å². The topological polar surface area (TPSA) is 87.4 Å². The van der Waals surface area contributed by atoms with Gasteiger partial charge in [0.25, 0.3) is 5.69 Å². The predicted molar refractivity (Wildman–Crippen MR) is 92.0 cm³/mol. The van der Waals surface area contributed by atoms with Crippen molar-refractivity contribution in [3.8, 4) is 28.1 Å². The molecule has 0 saturated carbocycles. The minimum absolute atomic E-state index is 0.109. The van der Waals surface area contributed by atoms with Crippen LogP contribution in [0.1, 0.15) is 0 Å². The van der Waals surface area contributed by atoms with E-state index in [-0.39, 0.29) is 18.2 Å². The van der Waals surface area contributed by atoms with Gasteiger partial charge < -0.3 is 9.47 Å². The molecule has 3 rings (SSSR count). The fourth-order valence-electron chi connectivity index (χ4n) is 2.36. The van der Waals surface area contributed by atoms with E-state index in [0.29, 0.717) is 22.4 Å². The summed E-state index contributed by atoms with van der Waals surface area (Å²) in [4.78, 5) is 18.8. The average Bonchev–Trinajstić information content (AvgIpc) is 2.67. The molecule has 2 heterocycles. The fraction of sp³-hybridized carbons (Fsp3) is 0.111. The zero-order valence-electron chi connectivity index (χ0n) is 13.8. The van der Waals surface area contributed by atoms with E-state index in [1.165, 1.54) is 37.7 Å². The maximum Gasteiger partial charge on any atom is 0.296 e. The molecule has 0 saturated heterocycles. The Kier molecular flexibility index (Phi) is 5.14. The van der Waals surface area contributed by atoms with Crippen LogP contribution in [-0.4, -0.2) is 28.8 Å². The van der Waals surface area contributed by atoms with E-state index in [1.54, 1.807) is 24.3 Å². The molecule has 0 amide bonds. The number of methoxy groups -OCH3 is 1. The summed E-state index contributed by atoms with van der Waals surface area (Å²) in [5, 5.41) is 11.5. The summed E-state index contributed by atoms with van der Waals surface area (Å²) in [5.74, 6) is -0.0455. The second-order valence-corrected chi connectivity index (χ2v) is 5.29. The number of halogens is 1. The summed E-state index contributed by atoms with van der Waals surface area (Å²) in [5.41, 5.74) is 1.67. The standard InChI is InChI=1S/C18H14FN3O4/c1-25-11-26-15-5-2-12(3-6-15)18-16(22(23)24)8-14(10-21-18)13-4-7-17(19)20-9-13/h2-10H,11H2,1H3. The van der Waals surface area contributed by atoms with Crippen LogP contribution in [0.15, 0.2) is 54.9 Å². The number of nitro groups is 1. The Morgan fingerprint density at radius 1 is 1.04 bits per heavy atom. The van der Waals surface area contributed by atoms with Gasteiger partial charge in [-0.05, 0) is 36.4 Å². The Hall–Kier alpha value is -3.39. The number of hydrogen-bond acceptors (Lipinski definition) is 6. The van der Waals surface area contributed by atoms with Gasteiger partial charge in [0.2, 0.25) is 5.95 Å². The van der Waals surface area contributed by atoms with E-state index in [4.69, 9.17) is 9.47 Å². The molecule has 2 aromatic heterocycles. The summed E-state index contributed by atoms with van der Waals surface area (Å²) < 4.78 is 23.1. The Morgan fingerprint density at radius 3 is 2.35 bits per heavy atom. The molecular formula is C18H14FN3O4. The minimum Gasteiger partial charge on any atom is -0.468 e. The van der Waals surface area contributed by atoms with Gasteiger partial charge in [0.05, 0.1) is 4.92 Å². The number of rotatable bonds is 6. The van der Waals surface area contributed by atoms with Gasteiger partial charge in [0, 0.05) is 42.3 Å². The molecule has 3 aromatic rings. The van der Waals surface area contributed by atoms with Gasteiger partial charge >= 0.3 is 0 Å². The maximum absolute atomic E-state index is 13.0. The average molecular weight is 355 g/mol. The first kappa shape index (κ1) is 17.4. The third kappa shape index (κ3) is 3.81. The smallest absolute Gasteiger partial charge is 0.296 e. The highest BCUT2D eigenvalue weighted by molar-refractivity contribution is 5.75. The van der Waals surface area contributed by atoms with Crippen molar-refractivity contribution < 1.29 is 18.8 Å². The van der Waals surface area contributed by atoms with Gasteiger partial charge in [0.1, 0.15) is 11.4 Å². The summed E-state index contributed by atoms with van der Waals surface area (Å²) in [6.07, 6.45) is 2.80. The molecule has 132 valence electrons. The van der Waals surface area contributed by atoms with Crippen LogP contribution >= 0.6 is 0 Å². The first-order valence-corrected chi connectivity index (χ1v) is 7.57. The lowest BCUT2D eigenvalue weighted by molar-refractivity contribution is -0.384. The van der Waals surface area contributed by atoms with Crippen molar-refractivity contribution in [1.29, 1.82) is 0 Å². The molecule has 1 aromatic carbocycles. The largest absolute Gasteiger partial charge is 0.468 e. The van der Waals surface area contributed by atoms with Crippen molar-refractivity contribution in [3.63, 3.8) is 0 Å². The lowest BCUT2D eigenvalue weighted by Crippen LogP contribution is -1.99. The van der Waals surface area contributed by atoms with Gasteiger partial charge in [-0.25, -0.2) is 9.97 Å². The quantitative estimate of drug-likeness (QED) is 0.289. The normalized spacial score (nSPS) is 10.5. The van der Waals surface area contributed by atoms with Crippen molar-refractivity contribution in [2.75, 3.05) is 13.9 Å². The number of nitrogens with zero attached hydrogens (tertiary/aromatic N) is 3. The van der Waals surface area contributed by atoms with Gasteiger partial charge in [0.15, 0.2) is 6.79 Å². The number of pyridine rings is 2. The number of hydrogen-bond donors (Lipinski definition) is 0. The van der Waals surface area contributed by atoms with Gasteiger partial charge in [-0.3, -0.25) is 10.1 Å². The summed E-state index contributed by atoms with van der Waals surface area (Å²) in [6.45, 7) is 0.109. The second-order valence-electron chi connectivity index (χ2n) is 5.29. The predicted octanol–water partition coefficient (Wildman–Crippen LogP) is 3.84. The van der Waals surface area contributed by atoms with Gasteiger partial charge in [-0.1, -0.05) is 0 Å². The molecule has 0 aliphatic heterocycles. The van der Waals surface area contributed by atoms with Crippen molar-refractivity contribution in [3.05, 3.63) is 70.9 Å². The van der Waals surface area contributed by atoms with Crippen molar-refractivity contribution >= 4 is 5.69 Å². The molecule has 7 nitrogen and oxygen atoms in total. The van der Waals surface area contributed by atoms with E-state index < -0.39 is 10.9 Å².